The average molecular weight is 865 g/mol. The Morgan fingerprint density at radius 3 is 2.21 bits per heavy atom. The Kier molecular flexibility index (Phi) is 11.6. The first-order valence-corrected chi connectivity index (χ1v) is 25.1. The predicted molar refractivity (Wildman–Crippen MR) is 237 cm³/mol. The van der Waals surface area contributed by atoms with Crippen LogP contribution in [0.25, 0.3) is 44.2 Å². The fraction of sp³-hybridized carbons (Fsp3) is 0.478. The second-order valence-electron chi connectivity index (χ2n) is 18.7. The molecule has 3 fully saturated rings. The number of halogens is 1. The molecule has 2 unspecified atom stereocenters. The van der Waals surface area contributed by atoms with Crippen LogP contribution in [0.3, 0.4) is 0 Å². The largest absolute Gasteiger partial charge is 0.453 e. The van der Waals surface area contributed by atoms with Crippen molar-refractivity contribution in [2.75, 3.05) is 20.8 Å². The van der Waals surface area contributed by atoms with Gasteiger partial charge in [-0.15, -0.1) is 0 Å². The van der Waals surface area contributed by atoms with E-state index in [1.807, 2.05) is 69.0 Å². The lowest BCUT2D eigenvalue weighted by Crippen LogP contribution is -2.53. The van der Waals surface area contributed by atoms with Crippen LogP contribution in [0.5, 0.6) is 0 Å². The third-order valence-electron chi connectivity index (χ3n) is 13.2. The van der Waals surface area contributed by atoms with Gasteiger partial charge in [0.15, 0.2) is 0 Å². The Bertz CT molecular complexity index is 2540. The van der Waals surface area contributed by atoms with Crippen molar-refractivity contribution >= 4 is 53.9 Å². The Morgan fingerprint density at radius 1 is 0.839 bits per heavy atom. The lowest BCUT2D eigenvalue weighted by molar-refractivity contribution is -0.137. The summed E-state index contributed by atoms with van der Waals surface area (Å²) in [5.74, 6) is 0.697. The molecule has 5 aromatic rings. The second kappa shape index (κ2) is 16.8. The van der Waals surface area contributed by atoms with Gasteiger partial charge in [-0.2, -0.15) is 0 Å². The SMILES string of the molecule is COC(=O)N[C@H](C(=O)N1CCC[C@H]1c1nc2c(ccc3cc(-c4ccc(-c5cnc([C@@H]6CC7C[Si](C)(C)CC7N6C(=O)[C@@H](NC(=O)OC)C(C)C)[nH]5)cc4F)ccc32)[nH]1)C(C)C. The molecule has 6 atom stereocenters. The summed E-state index contributed by atoms with van der Waals surface area (Å²) in [5, 5.41) is 7.26. The minimum Gasteiger partial charge on any atom is -0.453 e. The minimum atomic E-state index is -1.50. The smallest absolute Gasteiger partial charge is 0.407 e. The standard InChI is InChI=1S/C46H57FN8O6Si/c1-24(2)38(52-45(58)60-5)43(56)54-17-9-10-35(54)42-49-33-16-13-27-18-26(11-15-31(27)40(33)51-42)30-14-12-28(19-32(30)47)34-21-48-41(50-34)36-20-29-22-62(7,8)23-37(29)55(36)44(57)39(25(3)4)53-46(59)61-6/h11-16,18-19,21,24-25,29,35-39H,9-10,17,20,22-23H2,1-8H3,(H,48,50)(H,49,51)(H,52,58)(H,53,59)/t29?,35-,36-,37?,38-,39-/m0/s1. The number of hydrogen-bond donors (Lipinski definition) is 4. The summed E-state index contributed by atoms with van der Waals surface area (Å²) in [7, 11) is 1.07. The highest BCUT2D eigenvalue weighted by Crippen LogP contribution is 2.51. The van der Waals surface area contributed by atoms with E-state index in [1.54, 1.807) is 17.2 Å². The molecule has 3 saturated heterocycles. The second-order valence-corrected chi connectivity index (χ2v) is 23.8. The first kappa shape index (κ1) is 42.9. The van der Waals surface area contributed by atoms with Crippen LogP contribution >= 0.6 is 0 Å². The number of carbonyl (C=O) groups excluding carboxylic acids is 4. The van der Waals surface area contributed by atoms with Crippen molar-refractivity contribution in [2.24, 2.45) is 17.8 Å². The molecule has 328 valence electrons. The van der Waals surface area contributed by atoms with Crippen molar-refractivity contribution in [1.82, 2.24) is 40.4 Å². The molecule has 3 aliphatic heterocycles. The maximum absolute atomic E-state index is 16.1. The van der Waals surface area contributed by atoms with Gasteiger partial charge in [0.05, 0.1) is 49.2 Å². The molecule has 3 aromatic carbocycles. The molecule has 4 amide bonds. The van der Waals surface area contributed by atoms with Gasteiger partial charge in [-0.3, -0.25) is 9.59 Å². The van der Waals surface area contributed by atoms with Gasteiger partial charge in [0.2, 0.25) is 11.8 Å². The summed E-state index contributed by atoms with van der Waals surface area (Å²) >= 11 is 0. The number of amides is 4. The van der Waals surface area contributed by atoms with E-state index in [9.17, 15) is 19.2 Å². The number of ether oxygens (including phenoxy) is 2. The van der Waals surface area contributed by atoms with Crippen LogP contribution in [0, 0.1) is 23.6 Å². The van der Waals surface area contributed by atoms with E-state index in [0.717, 1.165) is 53.2 Å². The molecule has 0 aliphatic carbocycles. The molecule has 0 spiro atoms. The summed E-state index contributed by atoms with van der Waals surface area (Å²) < 4.78 is 25.8. The number of fused-ring (bicyclic) bond motifs is 4. The molecule has 0 bridgehead atoms. The maximum Gasteiger partial charge on any atom is 0.407 e. The Hall–Kier alpha value is -5.77. The summed E-state index contributed by atoms with van der Waals surface area (Å²) in [6, 6.07) is 15.0. The minimum absolute atomic E-state index is 0.0717. The van der Waals surface area contributed by atoms with Crippen molar-refractivity contribution in [2.45, 2.75) is 102 Å². The molecule has 3 aliphatic rings. The van der Waals surface area contributed by atoms with Crippen LogP contribution in [0.15, 0.2) is 54.7 Å². The van der Waals surface area contributed by atoms with E-state index in [4.69, 9.17) is 19.4 Å². The van der Waals surface area contributed by atoms with Gasteiger partial charge in [0.1, 0.15) is 29.5 Å². The lowest BCUT2D eigenvalue weighted by atomic mass is 9.98. The van der Waals surface area contributed by atoms with Gasteiger partial charge in [-0.1, -0.05) is 77.2 Å². The fourth-order valence-corrected chi connectivity index (χ4v) is 13.9. The molecule has 16 heteroatoms. The Balaban J connectivity index is 1.03. The van der Waals surface area contributed by atoms with E-state index < -0.39 is 32.3 Å². The lowest BCUT2D eigenvalue weighted by Gasteiger charge is -2.34. The molecular weight excluding hydrogens is 808 g/mol. The van der Waals surface area contributed by atoms with E-state index in [1.165, 1.54) is 20.3 Å². The van der Waals surface area contributed by atoms with Crippen LogP contribution in [-0.4, -0.2) is 101 Å². The number of aromatic nitrogens is 4. The van der Waals surface area contributed by atoms with Gasteiger partial charge < -0.3 is 39.9 Å². The molecule has 14 nitrogen and oxygen atoms in total. The quantitative estimate of drug-likeness (QED) is 0.101. The van der Waals surface area contributed by atoms with Gasteiger partial charge in [-0.05, 0) is 72.2 Å². The number of alkyl carbamates (subject to hydrolysis) is 2. The number of imidazole rings is 2. The van der Waals surface area contributed by atoms with E-state index >= 15 is 4.39 Å². The predicted octanol–water partition coefficient (Wildman–Crippen LogP) is 8.32. The molecule has 5 heterocycles. The highest BCUT2D eigenvalue weighted by Gasteiger charge is 2.54. The van der Waals surface area contributed by atoms with Crippen molar-refractivity contribution in [3.63, 3.8) is 0 Å². The van der Waals surface area contributed by atoms with Gasteiger partial charge in [0, 0.05) is 37.2 Å². The first-order valence-electron chi connectivity index (χ1n) is 21.7. The molecule has 0 radical (unpaired) electrons. The van der Waals surface area contributed by atoms with Crippen LogP contribution in [0.1, 0.15) is 70.7 Å². The maximum atomic E-state index is 16.1. The number of likely N-dealkylation sites (tertiary alicyclic amines) is 2. The number of methoxy groups -OCH3 is 2. The fourth-order valence-electron chi connectivity index (χ4n) is 10.2. The normalized spacial score (nSPS) is 21.7. The summed E-state index contributed by atoms with van der Waals surface area (Å²) in [4.78, 5) is 72.8. The van der Waals surface area contributed by atoms with Crippen molar-refractivity contribution in [3.8, 4) is 22.4 Å². The topological polar surface area (TPSA) is 175 Å². The molecule has 8 rings (SSSR count). The van der Waals surface area contributed by atoms with Crippen LogP contribution in [0.2, 0.25) is 25.2 Å². The summed E-state index contributed by atoms with van der Waals surface area (Å²) in [5.41, 5.74) is 4.04. The zero-order chi connectivity index (χ0) is 44.2. The van der Waals surface area contributed by atoms with E-state index in [0.29, 0.717) is 46.5 Å². The van der Waals surface area contributed by atoms with Crippen LogP contribution in [-0.2, 0) is 19.1 Å². The van der Waals surface area contributed by atoms with Crippen molar-refractivity contribution in [1.29, 1.82) is 0 Å². The third kappa shape index (κ3) is 8.04. The summed E-state index contributed by atoms with van der Waals surface area (Å²) in [6.45, 7) is 12.9. The number of H-pyrrole nitrogens is 2. The monoisotopic (exact) mass is 864 g/mol. The van der Waals surface area contributed by atoms with Crippen LogP contribution in [0.4, 0.5) is 14.0 Å². The third-order valence-corrected chi connectivity index (χ3v) is 16.4. The molecule has 4 N–H and O–H groups in total. The zero-order valence-corrected chi connectivity index (χ0v) is 37.7. The number of hydrogen-bond acceptors (Lipinski definition) is 8. The number of benzene rings is 3. The highest BCUT2D eigenvalue weighted by atomic mass is 28.3. The average Bonchev–Trinajstić information content (AvgIpc) is 4.09. The number of rotatable bonds is 10. The Labute approximate surface area is 361 Å². The molecule has 62 heavy (non-hydrogen) atoms. The van der Waals surface area contributed by atoms with Crippen molar-refractivity contribution < 1.29 is 33.0 Å². The van der Waals surface area contributed by atoms with E-state index in [2.05, 4.69) is 33.7 Å². The molecule has 0 saturated carbocycles. The number of nitrogens with zero attached hydrogens (tertiary/aromatic N) is 4. The van der Waals surface area contributed by atoms with Crippen molar-refractivity contribution in [3.05, 3.63) is 72.2 Å². The van der Waals surface area contributed by atoms with Crippen LogP contribution < -0.4 is 10.6 Å². The Morgan fingerprint density at radius 2 is 1.53 bits per heavy atom. The summed E-state index contributed by atoms with van der Waals surface area (Å²) in [6.07, 6.45) is 2.74. The highest BCUT2D eigenvalue weighted by molar-refractivity contribution is 6.78. The van der Waals surface area contributed by atoms with E-state index in [-0.39, 0.29) is 47.6 Å². The van der Waals surface area contributed by atoms with Gasteiger partial charge in [-0.25, -0.2) is 23.9 Å². The number of nitrogens with one attached hydrogen (secondary N) is 4. The zero-order valence-electron chi connectivity index (χ0n) is 36.7. The number of carbonyl (C=O) groups is 4. The molecular formula is C46H57FN8O6Si. The number of aromatic amines is 2. The van der Waals surface area contributed by atoms with Gasteiger partial charge in [0.25, 0.3) is 0 Å². The molecule has 2 aromatic heterocycles. The first-order chi connectivity index (χ1) is 29.6. The van der Waals surface area contributed by atoms with Gasteiger partial charge >= 0.3 is 12.2 Å².